The highest BCUT2D eigenvalue weighted by Crippen LogP contribution is 2.24. The van der Waals surface area contributed by atoms with E-state index in [1.54, 1.807) is 12.1 Å². The van der Waals surface area contributed by atoms with Crippen molar-refractivity contribution in [2.24, 2.45) is 0 Å². The molecule has 1 aromatic carbocycles. The Morgan fingerprint density at radius 1 is 1.17 bits per heavy atom. The van der Waals surface area contributed by atoms with Crippen LogP contribution in [0.25, 0.3) is 0 Å². The van der Waals surface area contributed by atoms with Gasteiger partial charge in [0, 0.05) is 6.20 Å². The van der Waals surface area contributed by atoms with Crippen molar-refractivity contribution in [2.45, 2.75) is 38.6 Å². The quantitative estimate of drug-likeness (QED) is 0.814. The van der Waals surface area contributed by atoms with Crippen molar-refractivity contribution in [2.75, 3.05) is 5.32 Å². The van der Waals surface area contributed by atoms with Gasteiger partial charge in [0.25, 0.3) is 5.56 Å². The van der Waals surface area contributed by atoms with Gasteiger partial charge in [0.2, 0.25) is 0 Å². The Bertz CT molecular complexity index is 767. The summed E-state index contributed by atoms with van der Waals surface area (Å²) in [6, 6.07) is 9.17. The van der Waals surface area contributed by atoms with Crippen LogP contribution in [0, 0.1) is 0 Å². The van der Waals surface area contributed by atoms with Gasteiger partial charge >= 0.3 is 6.03 Å². The normalized spacial score (nSPS) is 14.7. The minimum absolute atomic E-state index is 0.120. The highest BCUT2D eigenvalue weighted by molar-refractivity contribution is 5.89. The van der Waals surface area contributed by atoms with Gasteiger partial charge in [-0.05, 0) is 61.4 Å². The summed E-state index contributed by atoms with van der Waals surface area (Å²) in [5, 5.41) is 5.46. The zero-order valence-electron chi connectivity index (χ0n) is 13.2. The van der Waals surface area contributed by atoms with Crippen molar-refractivity contribution in [3.63, 3.8) is 0 Å². The van der Waals surface area contributed by atoms with Crippen LogP contribution in [-0.2, 0) is 12.8 Å². The molecule has 1 aliphatic carbocycles. The van der Waals surface area contributed by atoms with E-state index in [-0.39, 0.29) is 23.3 Å². The Morgan fingerprint density at radius 3 is 2.74 bits per heavy atom. The second-order valence-corrected chi connectivity index (χ2v) is 5.97. The average molecular weight is 311 g/mol. The number of urea groups is 1. The largest absolute Gasteiger partial charge is 0.331 e. The van der Waals surface area contributed by atoms with Gasteiger partial charge in [-0.15, -0.1) is 0 Å². The number of H-pyrrole nitrogens is 1. The number of carbonyl (C=O) groups excluding carboxylic acids is 1. The number of anilines is 1. The average Bonchev–Trinajstić information content (AvgIpc) is 2.56. The molecule has 5 nitrogen and oxygen atoms in total. The maximum absolute atomic E-state index is 12.1. The van der Waals surface area contributed by atoms with Crippen molar-refractivity contribution >= 4 is 11.7 Å². The van der Waals surface area contributed by atoms with E-state index in [2.05, 4.69) is 33.8 Å². The van der Waals surface area contributed by atoms with E-state index in [1.807, 2.05) is 6.92 Å². The van der Waals surface area contributed by atoms with Crippen molar-refractivity contribution < 1.29 is 4.79 Å². The number of pyridine rings is 1. The first-order valence-corrected chi connectivity index (χ1v) is 8.00. The monoisotopic (exact) mass is 311 g/mol. The molecule has 1 aliphatic rings. The Balaban J connectivity index is 1.67. The lowest BCUT2D eigenvalue weighted by Gasteiger charge is -2.20. The molecule has 23 heavy (non-hydrogen) atoms. The molecule has 0 saturated carbocycles. The molecular weight excluding hydrogens is 290 g/mol. The molecular formula is C18H21N3O2. The minimum Gasteiger partial charge on any atom is -0.331 e. The molecule has 0 spiro atoms. The molecule has 3 rings (SSSR count). The molecule has 5 heteroatoms. The lowest BCUT2D eigenvalue weighted by atomic mass is 9.89. The third-order valence-electron chi connectivity index (χ3n) is 4.29. The van der Waals surface area contributed by atoms with E-state index < -0.39 is 0 Å². The third-order valence-corrected chi connectivity index (χ3v) is 4.29. The van der Waals surface area contributed by atoms with Crippen LogP contribution < -0.4 is 16.2 Å². The maximum Gasteiger partial charge on any atom is 0.319 e. The minimum atomic E-state index is -0.382. The fraction of sp³-hybridized carbons (Fsp3) is 0.333. The number of rotatable bonds is 3. The second-order valence-electron chi connectivity index (χ2n) is 5.97. The summed E-state index contributed by atoms with van der Waals surface area (Å²) >= 11 is 0. The van der Waals surface area contributed by atoms with Gasteiger partial charge < -0.3 is 15.6 Å². The lowest BCUT2D eigenvalue weighted by molar-refractivity contribution is 0.249. The van der Waals surface area contributed by atoms with Gasteiger partial charge in [-0.3, -0.25) is 4.79 Å². The van der Waals surface area contributed by atoms with Crippen LogP contribution in [0.2, 0.25) is 0 Å². The van der Waals surface area contributed by atoms with E-state index in [1.165, 1.54) is 30.2 Å². The molecule has 0 bridgehead atoms. The zero-order valence-corrected chi connectivity index (χ0v) is 13.2. The van der Waals surface area contributed by atoms with Crippen LogP contribution in [0.4, 0.5) is 10.5 Å². The second kappa shape index (κ2) is 6.69. The van der Waals surface area contributed by atoms with Crippen LogP contribution in [0.5, 0.6) is 0 Å². The van der Waals surface area contributed by atoms with Crippen LogP contribution in [-0.4, -0.2) is 11.0 Å². The van der Waals surface area contributed by atoms with Gasteiger partial charge in [0.05, 0.1) is 6.04 Å². The van der Waals surface area contributed by atoms with E-state index >= 15 is 0 Å². The van der Waals surface area contributed by atoms with Gasteiger partial charge in [0.15, 0.2) is 0 Å². The smallest absolute Gasteiger partial charge is 0.319 e. The summed E-state index contributed by atoms with van der Waals surface area (Å²) in [6.07, 6.45) is 6.28. The summed E-state index contributed by atoms with van der Waals surface area (Å²) in [6.45, 7) is 1.94. The third kappa shape index (κ3) is 3.62. The number of aryl methyl sites for hydroxylation is 2. The van der Waals surface area contributed by atoms with Gasteiger partial charge in [-0.1, -0.05) is 18.2 Å². The number of aromatic amines is 1. The molecule has 0 saturated heterocycles. The highest BCUT2D eigenvalue weighted by Gasteiger charge is 2.14. The summed E-state index contributed by atoms with van der Waals surface area (Å²) in [7, 11) is 0. The molecule has 1 heterocycles. The Labute approximate surface area is 135 Å². The van der Waals surface area contributed by atoms with Crippen molar-refractivity contribution in [1.82, 2.24) is 10.3 Å². The van der Waals surface area contributed by atoms with Gasteiger partial charge in [-0.2, -0.15) is 0 Å². The number of aromatic nitrogens is 1. The molecule has 2 aromatic rings. The van der Waals surface area contributed by atoms with E-state index in [9.17, 15) is 9.59 Å². The molecule has 1 aromatic heterocycles. The Morgan fingerprint density at radius 2 is 1.96 bits per heavy atom. The molecule has 1 atom stereocenters. The first-order chi connectivity index (χ1) is 11.1. The number of carbonyl (C=O) groups is 1. The number of amides is 2. The summed E-state index contributed by atoms with van der Waals surface area (Å²) in [4.78, 5) is 26.2. The maximum atomic E-state index is 12.1. The standard InChI is InChI=1S/C18H21N3O2/c1-12(14-9-8-13-5-2-3-6-15(13)11-14)20-18(23)21-16-7-4-10-19-17(16)22/h4,7-12H,2-3,5-6H2,1H3,(H,19,22)(H2,20,21,23)/t12-/m0/s1. The molecule has 2 amide bonds. The van der Waals surface area contributed by atoms with Gasteiger partial charge in [0.1, 0.15) is 5.69 Å². The zero-order chi connectivity index (χ0) is 16.2. The predicted molar refractivity (Wildman–Crippen MR) is 90.7 cm³/mol. The van der Waals surface area contributed by atoms with Crippen LogP contribution in [0.1, 0.15) is 42.5 Å². The summed E-state index contributed by atoms with van der Waals surface area (Å²) in [5.74, 6) is 0. The first-order valence-electron chi connectivity index (χ1n) is 8.00. The van der Waals surface area contributed by atoms with Crippen LogP contribution in [0.15, 0.2) is 41.3 Å². The van der Waals surface area contributed by atoms with Crippen molar-refractivity contribution in [3.05, 3.63) is 63.6 Å². The van der Waals surface area contributed by atoms with E-state index in [0.717, 1.165) is 18.4 Å². The van der Waals surface area contributed by atoms with Crippen molar-refractivity contribution in [1.29, 1.82) is 0 Å². The Kier molecular flexibility index (Phi) is 4.46. The number of benzene rings is 1. The SMILES string of the molecule is C[C@H](NC(=O)Nc1ccc[nH]c1=O)c1ccc2c(c1)CCCC2. The molecule has 0 aliphatic heterocycles. The molecule has 0 radical (unpaired) electrons. The topological polar surface area (TPSA) is 74.0 Å². The van der Waals surface area contributed by atoms with Crippen LogP contribution in [0.3, 0.4) is 0 Å². The fourth-order valence-electron chi connectivity index (χ4n) is 2.98. The number of hydrogen-bond donors (Lipinski definition) is 3. The molecule has 120 valence electrons. The van der Waals surface area contributed by atoms with Crippen molar-refractivity contribution in [3.8, 4) is 0 Å². The molecule has 3 N–H and O–H groups in total. The van der Waals surface area contributed by atoms with E-state index in [4.69, 9.17) is 0 Å². The number of nitrogens with one attached hydrogen (secondary N) is 3. The highest BCUT2D eigenvalue weighted by atomic mass is 16.2. The first kappa shape index (κ1) is 15.3. The summed E-state index contributed by atoms with van der Waals surface area (Å²) in [5.41, 5.74) is 3.82. The van der Waals surface area contributed by atoms with Crippen LogP contribution >= 0.6 is 0 Å². The van der Waals surface area contributed by atoms with Gasteiger partial charge in [-0.25, -0.2) is 4.79 Å². The predicted octanol–water partition coefficient (Wildman–Crippen LogP) is 3.14. The summed E-state index contributed by atoms with van der Waals surface area (Å²) < 4.78 is 0. The number of fused-ring (bicyclic) bond motifs is 1. The number of hydrogen-bond acceptors (Lipinski definition) is 2. The lowest BCUT2D eigenvalue weighted by Crippen LogP contribution is -2.33. The molecule has 0 fully saturated rings. The van der Waals surface area contributed by atoms with E-state index in [0.29, 0.717) is 0 Å². The fourth-order valence-corrected chi connectivity index (χ4v) is 2.98. The Hall–Kier alpha value is -2.56. The molecule has 0 unspecified atom stereocenters.